The second-order valence-corrected chi connectivity index (χ2v) is 14.0. The van der Waals surface area contributed by atoms with E-state index in [9.17, 15) is 24.6 Å². The minimum atomic E-state index is -1.42. The lowest BCUT2D eigenvalue weighted by Gasteiger charge is -2.37. The Bertz CT molecular complexity index is 1430. The Morgan fingerprint density at radius 3 is 2.51 bits per heavy atom. The molecule has 2 heterocycles. The first-order valence-corrected chi connectivity index (χ1v) is 15.9. The zero-order valence-electron chi connectivity index (χ0n) is 26.6. The number of likely N-dealkylation sites (tertiary alicyclic amines) is 1. The number of rotatable bonds is 10. The van der Waals surface area contributed by atoms with Crippen LogP contribution in [0.1, 0.15) is 72.6 Å². The second kappa shape index (κ2) is 12.6. The van der Waals surface area contributed by atoms with Crippen molar-refractivity contribution in [1.82, 2.24) is 20.5 Å². The molecule has 2 saturated carbocycles. The van der Waals surface area contributed by atoms with E-state index in [4.69, 9.17) is 9.47 Å². The average molecular weight is 623 g/mol. The van der Waals surface area contributed by atoms with Crippen LogP contribution >= 0.6 is 0 Å². The van der Waals surface area contributed by atoms with E-state index in [-0.39, 0.29) is 31.2 Å². The maximum absolute atomic E-state index is 14.5. The number of hydrogen-bond donors (Lipinski definition) is 4. The van der Waals surface area contributed by atoms with Crippen LogP contribution in [0, 0.1) is 11.3 Å². The molecule has 0 bridgehead atoms. The van der Waals surface area contributed by atoms with E-state index in [1.54, 1.807) is 50.9 Å². The molecule has 0 radical (unpaired) electrons. The lowest BCUT2D eigenvalue weighted by Crippen LogP contribution is -2.60. The minimum Gasteiger partial charge on any atom is -0.488 e. The number of alkyl carbamates (subject to hydrolysis) is 1. The number of fused-ring (bicyclic) bond motifs is 1. The molecular weight excluding hydrogens is 576 g/mol. The predicted molar refractivity (Wildman–Crippen MR) is 168 cm³/mol. The number of aliphatic carboxylic acids is 1. The molecule has 2 aliphatic carbocycles. The number of aliphatic hydroxyl groups excluding tert-OH is 1. The number of aromatic nitrogens is 1. The predicted octanol–water partition coefficient (Wildman–Crippen LogP) is 4.38. The Labute approximate surface area is 264 Å². The normalized spacial score (nSPS) is 28.2. The number of para-hydroxylation sites is 1. The summed E-state index contributed by atoms with van der Waals surface area (Å²) >= 11 is 0. The van der Waals surface area contributed by atoms with Gasteiger partial charge in [0.2, 0.25) is 5.91 Å². The number of ether oxygens (including phenoxy) is 2. The Morgan fingerprint density at radius 2 is 1.87 bits per heavy atom. The van der Waals surface area contributed by atoms with E-state index in [1.807, 2.05) is 24.3 Å². The van der Waals surface area contributed by atoms with Crippen molar-refractivity contribution < 1.29 is 34.1 Å². The molecule has 6 atom stereocenters. The molecule has 3 fully saturated rings. The molecule has 3 aliphatic rings. The number of pyridine rings is 1. The topological polar surface area (TPSA) is 150 Å². The van der Waals surface area contributed by atoms with Gasteiger partial charge in [-0.1, -0.05) is 44.4 Å². The number of benzene rings is 1. The van der Waals surface area contributed by atoms with Gasteiger partial charge >= 0.3 is 12.1 Å². The lowest BCUT2D eigenvalue weighted by atomic mass is 9.83. The number of carboxylic acid groups (broad SMARTS) is 1. The summed E-state index contributed by atoms with van der Waals surface area (Å²) in [5, 5.41) is 28.4. The first kappa shape index (κ1) is 32.7. The third-order valence-corrected chi connectivity index (χ3v) is 9.61. The maximum Gasteiger partial charge on any atom is 0.408 e. The van der Waals surface area contributed by atoms with E-state index >= 15 is 0 Å². The van der Waals surface area contributed by atoms with Crippen molar-refractivity contribution >= 4 is 28.9 Å². The number of carboxylic acids is 1. The summed E-state index contributed by atoms with van der Waals surface area (Å²) in [6, 6.07) is 7.65. The quantitative estimate of drug-likeness (QED) is 0.224. The van der Waals surface area contributed by atoms with Crippen molar-refractivity contribution in [2.75, 3.05) is 6.54 Å². The van der Waals surface area contributed by atoms with Gasteiger partial charge in [0.1, 0.15) is 35.3 Å². The van der Waals surface area contributed by atoms with E-state index in [0.717, 1.165) is 43.0 Å². The number of nitrogens with one attached hydrogen (secondary N) is 2. The fourth-order valence-corrected chi connectivity index (χ4v) is 6.98. The molecule has 1 saturated heterocycles. The van der Waals surface area contributed by atoms with Gasteiger partial charge in [0, 0.05) is 23.4 Å². The molecule has 2 amide bonds. The monoisotopic (exact) mass is 622 g/mol. The van der Waals surface area contributed by atoms with E-state index in [1.165, 1.54) is 0 Å². The smallest absolute Gasteiger partial charge is 0.408 e. The highest BCUT2D eigenvalue weighted by molar-refractivity contribution is 5.88. The molecule has 2 aromatic rings. The van der Waals surface area contributed by atoms with Crippen LogP contribution in [0.5, 0.6) is 5.75 Å². The van der Waals surface area contributed by atoms with E-state index < -0.39 is 53.0 Å². The zero-order chi connectivity index (χ0) is 32.6. The third kappa shape index (κ3) is 6.79. The number of amides is 2. The van der Waals surface area contributed by atoms with E-state index in [0.29, 0.717) is 5.75 Å². The number of aliphatic hydroxyl groups is 1. The SMILES string of the molecule is C=CC1(C)C[C@]1(NC(O)[C@@H]1C[C@@H](Oc2ccnc3ccccc23)CN1C(=O)[C@@H](NC(=O)OC(C)(C)C)C1CCCCC1)C(=O)O. The van der Waals surface area contributed by atoms with Crippen molar-refractivity contribution in [2.45, 2.75) is 108 Å². The van der Waals surface area contributed by atoms with Gasteiger partial charge in [0.05, 0.1) is 18.1 Å². The summed E-state index contributed by atoms with van der Waals surface area (Å²) in [7, 11) is 0. The van der Waals surface area contributed by atoms with Crippen LogP contribution in [0.15, 0.2) is 49.2 Å². The number of carbonyl (C=O) groups excluding carboxylic acids is 2. The van der Waals surface area contributed by atoms with Crippen LogP contribution in [0.2, 0.25) is 0 Å². The third-order valence-electron chi connectivity index (χ3n) is 9.61. The first-order chi connectivity index (χ1) is 21.3. The highest BCUT2D eigenvalue weighted by Crippen LogP contribution is 2.57. The molecule has 45 heavy (non-hydrogen) atoms. The highest BCUT2D eigenvalue weighted by atomic mass is 16.6. The largest absolute Gasteiger partial charge is 0.488 e. The summed E-state index contributed by atoms with van der Waals surface area (Å²) in [6.07, 6.45) is 5.66. The van der Waals surface area contributed by atoms with E-state index in [2.05, 4.69) is 22.2 Å². The minimum absolute atomic E-state index is 0.105. The Balaban J connectivity index is 1.44. The zero-order valence-corrected chi connectivity index (χ0v) is 26.6. The van der Waals surface area contributed by atoms with Crippen LogP contribution in [-0.4, -0.2) is 80.2 Å². The molecule has 0 spiro atoms. The fourth-order valence-electron chi connectivity index (χ4n) is 6.98. The van der Waals surface area contributed by atoms with Crippen molar-refractivity contribution in [3.63, 3.8) is 0 Å². The standard InChI is InChI=1S/C34H46N4O7/c1-6-33(5)20-34(33,30(41)42)37-28(39)25-18-22(44-26-16-17-35-24-15-11-10-14-23(24)26)19-38(25)29(40)27(21-12-8-7-9-13-21)36-31(43)45-32(2,3)4/h6,10-11,14-17,21-22,25,27-28,37,39H,1,7-9,12-13,18-20H2,2-5H3,(H,36,43)(H,41,42)/t22-,25+,27+,28?,33?,34+/m1/s1. The Hall–Kier alpha value is -3.70. The summed E-state index contributed by atoms with van der Waals surface area (Å²) in [5.74, 6) is -0.953. The van der Waals surface area contributed by atoms with Gasteiger partial charge in [0.25, 0.3) is 0 Å². The van der Waals surface area contributed by atoms with Gasteiger partial charge in [-0.25, -0.2) is 4.79 Å². The number of carbonyl (C=O) groups is 3. The van der Waals surface area contributed by atoms with Crippen molar-refractivity contribution in [3.05, 3.63) is 49.2 Å². The number of hydrogen-bond acceptors (Lipinski definition) is 8. The lowest BCUT2D eigenvalue weighted by molar-refractivity contribution is -0.144. The van der Waals surface area contributed by atoms with Gasteiger partial charge in [0.15, 0.2) is 0 Å². The summed E-state index contributed by atoms with van der Waals surface area (Å²) < 4.78 is 12.0. The average Bonchev–Trinajstić information content (AvgIpc) is 3.38. The number of nitrogens with zero attached hydrogens (tertiary/aromatic N) is 2. The molecule has 1 aromatic carbocycles. The van der Waals surface area contributed by atoms with Crippen molar-refractivity contribution in [2.24, 2.45) is 11.3 Å². The Morgan fingerprint density at radius 1 is 1.16 bits per heavy atom. The summed E-state index contributed by atoms with van der Waals surface area (Å²) in [5.41, 5.74) is -2.16. The van der Waals surface area contributed by atoms with Crippen LogP contribution in [0.3, 0.4) is 0 Å². The van der Waals surface area contributed by atoms with Gasteiger partial charge in [-0.05, 0) is 64.2 Å². The van der Waals surface area contributed by atoms with Gasteiger partial charge < -0.3 is 29.9 Å². The first-order valence-electron chi connectivity index (χ1n) is 15.9. The molecule has 1 aromatic heterocycles. The van der Waals surface area contributed by atoms with Crippen LogP contribution in [-0.2, 0) is 14.3 Å². The summed E-state index contributed by atoms with van der Waals surface area (Å²) in [6.45, 7) is 11.0. The summed E-state index contributed by atoms with van der Waals surface area (Å²) in [4.78, 5) is 45.8. The highest BCUT2D eigenvalue weighted by Gasteiger charge is 2.69. The maximum atomic E-state index is 14.5. The van der Waals surface area contributed by atoms with Crippen LogP contribution < -0.4 is 15.4 Å². The molecule has 4 N–H and O–H groups in total. The fraction of sp³-hybridized carbons (Fsp3) is 0.588. The second-order valence-electron chi connectivity index (χ2n) is 14.0. The van der Waals surface area contributed by atoms with Gasteiger partial charge in [-0.2, -0.15) is 0 Å². The molecule has 2 unspecified atom stereocenters. The molecule has 1 aliphatic heterocycles. The molecule has 244 valence electrons. The molecule has 5 rings (SSSR count). The van der Waals surface area contributed by atoms with Crippen LogP contribution in [0.25, 0.3) is 10.9 Å². The van der Waals surface area contributed by atoms with Gasteiger partial charge in [-0.3, -0.25) is 19.9 Å². The van der Waals surface area contributed by atoms with Gasteiger partial charge in [-0.15, -0.1) is 6.58 Å². The van der Waals surface area contributed by atoms with Crippen LogP contribution in [0.4, 0.5) is 4.79 Å². The molecule has 11 nitrogen and oxygen atoms in total. The molecule has 11 heteroatoms. The Kier molecular flexibility index (Phi) is 9.15. The molecular formula is C34H46N4O7. The van der Waals surface area contributed by atoms with Crippen molar-refractivity contribution in [3.8, 4) is 5.75 Å². The van der Waals surface area contributed by atoms with Crippen molar-refractivity contribution in [1.29, 1.82) is 0 Å².